The Balaban J connectivity index is 0.000000213. The van der Waals surface area contributed by atoms with Gasteiger partial charge in [0.25, 0.3) is 0 Å². The molecule has 4 heterocycles. The summed E-state index contributed by atoms with van der Waals surface area (Å²) < 4.78 is 28.2. The Morgan fingerprint density at radius 3 is 2.00 bits per heavy atom. The van der Waals surface area contributed by atoms with E-state index in [1.807, 2.05) is 75.5 Å². The minimum Gasteiger partial charge on any atom is 0 e. The minimum absolute atomic E-state index is 0. The van der Waals surface area contributed by atoms with Crippen molar-refractivity contribution in [2.75, 3.05) is 0 Å². The van der Waals surface area contributed by atoms with Crippen molar-refractivity contribution in [3.05, 3.63) is 186 Å². The molecule has 0 saturated carbocycles. The molecule has 11 rings (SSSR count). The van der Waals surface area contributed by atoms with E-state index in [0.29, 0.717) is 0 Å². The van der Waals surface area contributed by atoms with Crippen LogP contribution in [0.3, 0.4) is 0 Å². The van der Waals surface area contributed by atoms with Crippen molar-refractivity contribution in [3.63, 3.8) is 0 Å². The Hall–Kier alpha value is -5.83. The number of fused-ring (bicyclic) bond motifs is 9. The zero-order chi connectivity index (χ0) is 46.8. The summed E-state index contributed by atoms with van der Waals surface area (Å²) in [6.07, 6.45) is 2.03. The topological polar surface area (TPSA) is 43.6 Å². The van der Waals surface area contributed by atoms with E-state index in [-0.39, 0.29) is 31.8 Å². The molecule has 0 fully saturated rings. The van der Waals surface area contributed by atoms with Crippen molar-refractivity contribution < 1.29 is 25.9 Å². The molecule has 335 valence electrons. The quantitative estimate of drug-likeness (QED) is 0.0907. The maximum atomic E-state index is 14.7. The molecule has 8 heteroatoms. The number of nitrogens with zero attached hydrogens (tertiary/aromatic N) is 4. The first-order valence-electron chi connectivity index (χ1n) is 23.1. The third kappa shape index (κ3) is 8.57. The van der Waals surface area contributed by atoms with Gasteiger partial charge in [-0.15, -0.1) is 18.2 Å². The molecule has 1 atom stereocenters. The molecular weight excluding hydrogens is 1080 g/mol. The average molecular weight is 1130 g/mol. The van der Waals surface area contributed by atoms with Crippen LogP contribution in [0.1, 0.15) is 44.7 Å². The summed E-state index contributed by atoms with van der Waals surface area (Å²) in [5.41, 5.74) is 10.6. The zero-order valence-corrected chi connectivity index (χ0v) is 44.2. The Labute approximate surface area is 414 Å². The number of pyridine rings is 2. The monoisotopic (exact) mass is 1130 g/mol. The van der Waals surface area contributed by atoms with Crippen LogP contribution in [0.4, 0.5) is 4.39 Å². The van der Waals surface area contributed by atoms with E-state index in [1.165, 1.54) is 4.40 Å². The zero-order valence-electron chi connectivity index (χ0n) is 39.9. The smallest absolute Gasteiger partial charge is 0 e. The average Bonchev–Trinajstić information content (AvgIpc) is 3.91. The third-order valence-corrected chi connectivity index (χ3v) is 18.2. The van der Waals surface area contributed by atoms with Crippen LogP contribution in [0.2, 0.25) is 17.3 Å². The minimum atomic E-state index is -2.08. The van der Waals surface area contributed by atoms with Gasteiger partial charge in [0.2, 0.25) is 0 Å². The van der Waals surface area contributed by atoms with E-state index in [0.717, 1.165) is 109 Å². The van der Waals surface area contributed by atoms with Gasteiger partial charge in [-0.1, -0.05) is 95.9 Å². The Morgan fingerprint density at radius 2 is 1.33 bits per heavy atom. The van der Waals surface area contributed by atoms with Gasteiger partial charge in [0.1, 0.15) is 10.6 Å². The number of rotatable bonds is 7. The van der Waals surface area contributed by atoms with Gasteiger partial charge in [-0.3, -0.25) is 4.98 Å². The molecule has 0 spiro atoms. The van der Waals surface area contributed by atoms with Crippen LogP contribution in [-0.4, -0.2) is 32.8 Å². The van der Waals surface area contributed by atoms with Crippen LogP contribution in [0.25, 0.3) is 92.5 Å². The van der Waals surface area contributed by atoms with Gasteiger partial charge in [0.15, 0.2) is 0 Å². The first kappa shape index (κ1) is 45.0. The first-order valence-corrected chi connectivity index (χ1v) is 30.7. The Bertz CT molecular complexity index is 3650. The van der Waals surface area contributed by atoms with Gasteiger partial charge in [-0.2, -0.15) is 11.3 Å². The van der Waals surface area contributed by atoms with Crippen LogP contribution >= 0.6 is 11.3 Å². The number of imidazole rings is 1. The van der Waals surface area contributed by atoms with Crippen molar-refractivity contribution in [1.29, 1.82) is 0 Å². The molecular formula is C59H51FGeIrN4S-2. The molecule has 4 aromatic heterocycles. The Morgan fingerprint density at radius 1 is 0.672 bits per heavy atom. The van der Waals surface area contributed by atoms with Crippen molar-refractivity contribution in [2.45, 2.75) is 57.8 Å². The summed E-state index contributed by atoms with van der Waals surface area (Å²) in [7, 11) is 0. The van der Waals surface area contributed by atoms with Crippen LogP contribution in [0, 0.1) is 37.7 Å². The molecule has 11 aromatic rings. The number of hydrogen-bond donors (Lipinski definition) is 0. The van der Waals surface area contributed by atoms with Crippen molar-refractivity contribution in [3.8, 4) is 39.6 Å². The summed E-state index contributed by atoms with van der Waals surface area (Å²) in [6, 6.07) is 55.7. The largest absolute Gasteiger partial charge is 0 e. The predicted molar refractivity (Wildman–Crippen MR) is 281 cm³/mol. The molecule has 0 aliphatic heterocycles. The van der Waals surface area contributed by atoms with E-state index >= 15 is 0 Å². The van der Waals surface area contributed by atoms with E-state index in [4.69, 9.17) is 11.3 Å². The van der Waals surface area contributed by atoms with Crippen LogP contribution in [-0.2, 0) is 20.1 Å². The molecule has 67 heavy (non-hydrogen) atoms. The molecule has 0 saturated heterocycles. The summed E-state index contributed by atoms with van der Waals surface area (Å²) in [5.74, 6) is 7.30. The van der Waals surface area contributed by atoms with E-state index < -0.39 is 19.2 Å². The van der Waals surface area contributed by atoms with E-state index in [2.05, 4.69) is 138 Å². The number of halogens is 1. The molecule has 0 amide bonds. The number of hydrogen-bond acceptors (Lipinski definition) is 4. The predicted octanol–water partition coefficient (Wildman–Crippen LogP) is 15.8. The van der Waals surface area contributed by atoms with Crippen molar-refractivity contribution in [2.24, 2.45) is 5.92 Å². The third-order valence-electron chi connectivity index (χ3n) is 12.8. The second-order valence-corrected chi connectivity index (χ2v) is 30.1. The fourth-order valence-electron chi connectivity index (χ4n) is 9.29. The second kappa shape index (κ2) is 18.7. The van der Waals surface area contributed by atoms with E-state index in [1.54, 1.807) is 23.5 Å². The van der Waals surface area contributed by atoms with Crippen LogP contribution in [0.15, 0.2) is 152 Å². The summed E-state index contributed by atoms with van der Waals surface area (Å²) in [4.78, 5) is 16.2. The Kier molecular flexibility index (Phi) is 12.5. The van der Waals surface area contributed by atoms with Gasteiger partial charge in [0.05, 0.1) is 22.6 Å². The number of aromatic nitrogens is 4. The molecule has 4 nitrogen and oxygen atoms in total. The molecule has 0 bridgehead atoms. The molecule has 1 radical (unpaired) electrons. The molecule has 0 N–H and O–H groups in total. The first-order chi connectivity index (χ1) is 32.2. The maximum absolute atomic E-state index is 14.7. The van der Waals surface area contributed by atoms with Crippen molar-refractivity contribution in [1.82, 2.24) is 19.5 Å². The fourth-order valence-corrected chi connectivity index (χ4v) is 13.7. The fraction of sp³-hybridized carbons (Fsp3) is 0.169. The normalized spacial score (nSPS) is 12.9. The number of thiophene rings is 1. The van der Waals surface area contributed by atoms with Gasteiger partial charge in [0, 0.05) is 42.1 Å². The summed E-state index contributed by atoms with van der Waals surface area (Å²) in [6.45, 7) is 10.2. The van der Waals surface area contributed by atoms with Gasteiger partial charge < -0.3 is 4.57 Å². The van der Waals surface area contributed by atoms with Crippen LogP contribution in [0.5, 0.6) is 0 Å². The second-order valence-electron chi connectivity index (χ2n) is 18.5. The molecule has 7 aromatic carbocycles. The van der Waals surface area contributed by atoms with Crippen LogP contribution < -0.4 is 4.40 Å². The van der Waals surface area contributed by atoms with Crippen molar-refractivity contribution >= 4 is 81.9 Å². The summed E-state index contributed by atoms with van der Waals surface area (Å²) in [5, 5.41) is 6.74. The number of benzene rings is 7. The maximum Gasteiger partial charge on any atom is 0 e. The molecule has 0 aliphatic carbocycles. The summed E-state index contributed by atoms with van der Waals surface area (Å²) >= 11 is -0.414. The SMILES string of the molecule is Cc1cc(F)cc(C)c1-n1c(-c2[c-]ccc3c2sc2nc(-c4ccccc4)ccc23)nc2c3ccccc3c3ccccc3c21.[2H]C(C)(c1cc(-c2[c-]cccc2)nc[c]1[Ge]([CH3])([CH3])[CH3])C(C)C.[Ir]. The van der Waals surface area contributed by atoms with Gasteiger partial charge >= 0.3 is 133 Å². The van der Waals surface area contributed by atoms with Gasteiger partial charge in [-0.05, 0) is 64.0 Å². The number of aryl methyl sites for hydroxylation is 2. The standard InChI is InChI=1S/C40H25FN3S.C19H26GeN.Ir/c1-23-21-26(41)22-24(2)36(23)44-37-30-16-9-7-14-28(30)27-13-6-8-15-29(27)35(37)43-39(44)33-18-10-17-31-32-19-20-34(25-11-4-3-5-12-25)42-40(32)45-38(31)33;1-14(2)15(3)17-12-19(16-10-8-7-9-11-16)21-13-18(17)20(4,5)6;/h3-17,19-22H,1-2H3;7-10,12-15H,1-6H3;/q2*-1;/i;15D;. The van der Waals surface area contributed by atoms with E-state index in [9.17, 15) is 4.39 Å². The molecule has 1 unspecified atom stereocenters. The molecule has 0 aliphatic rings. The van der Waals surface area contributed by atoms with Gasteiger partial charge in [-0.25, -0.2) is 9.37 Å².